The molecule has 0 radical (unpaired) electrons. The fourth-order valence-corrected chi connectivity index (χ4v) is 3.38. The lowest BCUT2D eigenvalue weighted by molar-refractivity contribution is -0.141. The minimum absolute atomic E-state index is 0.0499. The van der Waals surface area contributed by atoms with Gasteiger partial charge in [0.25, 0.3) is 0 Å². The van der Waals surface area contributed by atoms with Crippen molar-refractivity contribution in [3.63, 3.8) is 0 Å². The van der Waals surface area contributed by atoms with Crippen molar-refractivity contribution < 1.29 is 14.7 Å². The molecule has 1 amide bonds. The molecule has 0 bridgehead atoms. The van der Waals surface area contributed by atoms with E-state index in [1.807, 2.05) is 24.3 Å². The van der Waals surface area contributed by atoms with E-state index in [0.717, 1.165) is 30.4 Å². The fraction of sp³-hybridized carbons (Fsp3) is 0.444. The number of nitrogens with zero attached hydrogens (tertiary/aromatic N) is 1. The van der Waals surface area contributed by atoms with Crippen LogP contribution in [0.1, 0.15) is 49.1 Å². The summed E-state index contributed by atoms with van der Waals surface area (Å²) in [4.78, 5) is 25.8. The van der Waals surface area contributed by atoms with Crippen molar-refractivity contribution >= 4 is 11.9 Å². The van der Waals surface area contributed by atoms with E-state index in [1.54, 1.807) is 4.90 Å². The van der Waals surface area contributed by atoms with Crippen LogP contribution >= 0.6 is 0 Å². The van der Waals surface area contributed by atoms with Crippen LogP contribution in [0.25, 0.3) is 0 Å². The molecule has 0 fully saturated rings. The summed E-state index contributed by atoms with van der Waals surface area (Å²) in [6.07, 6.45) is 7.03. The number of carbonyl (C=O) groups excluding carboxylic acids is 1. The lowest BCUT2D eigenvalue weighted by Crippen LogP contribution is -2.40. The second kappa shape index (κ2) is 6.34. The molecule has 1 atom stereocenters. The van der Waals surface area contributed by atoms with Gasteiger partial charge in [0.2, 0.25) is 5.91 Å². The first kappa shape index (κ1) is 14.8. The molecule has 0 aromatic heterocycles. The standard InChI is InChI=1S/C18H21NO3/c20-17(10-13-6-2-1-3-7-13)19-11-14-8-4-5-9-15(14)16(12-19)18(21)22/h4-6,8-9,16H,1-3,7,10-12H2,(H,21,22). The van der Waals surface area contributed by atoms with E-state index >= 15 is 0 Å². The van der Waals surface area contributed by atoms with Gasteiger partial charge in [0, 0.05) is 19.5 Å². The second-order valence-corrected chi connectivity index (χ2v) is 6.15. The van der Waals surface area contributed by atoms with Crippen molar-refractivity contribution in [1.29, 1.82) is 0 Å². The second-order valence-electron chi connectivity index (χ2n) is 6.15. The third-order valence-electron chi connectivity index (χ3n) is 4.61. The summed E-state index contributed by atoms with van der Waals surface area (Å²) in [5.41, 5.74) is 3.00. The Bertz CT molecular complexity index is 621. The largest absolute Gasteiger partial charge is 0.481 e. The number of carbonyl (C=O) groups is 2. The zero-order valence-corrected chi connectivity index (χ0v) is 12.6. The Morgan fingerprint density at radius 3 is 2.77 bits per heavy atom. The zero-order chi connectivity index (χ0) is 15.5. The molecule has 0 saturated carbocycles. The molecular formula is C18H21NO3. The fourth-order valence-electron chi connectivity index (χ4n) is 3.38. The molecular weight excluding hydrogens is 278 g/mol. The molecule has 1 unspecified atom stereocenters. The average molecular weight is 299 g/mol. The van der Waals surface area contributed by atoms with Crippen LogP contribution in [0.4, 0.5) is 0 Å². The monoisotopic (exact) mass is 299 g/mol. The highest BCUT2D eigenvalue weighted by Crippen LogP contribution is 2.30. The molecule has 1 heterocycles. The van der Waals surface area contributed by atoms with Gasteiger partial charge < -0.3 is 10.0 Å². The average Bonchev–Trinajstić information content (AvgIpc) is 2.54. The zero-order valence-electron chi connectivity index (χ0n) is 12.6. The Morgan fingerprint density at radius 2 is 2.05 bits per heavy atom. The lowest BCUT2D eigenvalue weighted by atomic mass is 9.89. The normalized spacial score (nSPS) is 21.0. The minimum Gasteiger partial charge on any atom is -0.481 e. The van der Waals surface area contributed by atoms with Gasteiger partial charge in [-0.1, -0.05) is 35.9 Å². The molecule has 4 heteroatoms. The Kier molecular flexibility index (Phi) is 4.27. The first-order valence-corrected chi connectivity index (χ1v) is 7.91. The van der Waals surface area contributed by atoms with Crippen LogP contribution in [0.3, 0.4) is 0 Å². The SMILES string of the molecule is O=C(O)C1CN(C(=O)CC2=CCCCC2)Cc2ccccc21. The van der Waals surface area contributed by atoms with Gasteiger partial charge >= 0.3 is 5.97 Å². The molecule has 0 spiro atoms. The van der Waals surface area contributed by atoms with E-state index in [9.17, 15) is 14.7 Å². The number of amides is 1. The van der Waals surface area contributed by atoms with Crippen LogP contribution in [0.2, 0.25) is 0 Å². The molecule has 1 aromatic rings. The Labute approximate surface area is 130 Å². The third-order valence-corrected chi connectivity index (χ3v) is 4.61. The van der Waals surface area contributed by atoms with E-state index in [-0.39, 0.29) is 12.5 Å². The van der Waals surface area contributed by atoms with Crippen LogP contribution in [0, 0.1) is 0 Å². The van der Waals surface area contributed by atoms with E-state index in [1.165, 1.54) is 12.0 Å². The molecule has 0 saturated heterocycles. The van der Waals surface area contributed by atoms with Crippen LogP contribution < -0.4 is 0 Å². The smallest absolute Gasteiger partial charge is 0.312 e. The maximum absolute atomic E-state index is 12.5. The highest BCUT2D eigenvalue weighted by atomic mass is 16.4. The van der Waals surface area contributed by atoms with Crippen molar-refractivity contribution in [3.8, 4) is 0 Å². The van der Waals surface area contributed by atoms with Crippen molar-refractivity contribution in [3.05, 3.63) is 47.0 Å². The van der Waals surface area contributed by atoms with Gasteiger partial charge in [-0.05, 0) is 36.8 Å². The summed E-state index contributed by atoms with van der Waals surface area (Å²) in [5, 5.41) is 9.46. The van der Waals surface area contributed by atoms with Gasteiger partial charge in [0.1, 0.15) is 0 Å². The lowest BCUT2D eigenvalue weighted by Gasteiger charge is -2.33. The summed E-state index contributed by atoms with van der Waals surface area (Å²) in [6.45, 7) is 0.796. The van der Waals surface area contributed by atoms with Gasteiger partial charge in [0.15, 0.2) is 0 Å². The van der Waals surface area contributed by atoms with E-state index in [0.29, 0.717) is 13.0 Å². The van der Waals surface area contributed by atoms with Crippen molar-refractivity contribution in [1.82, 2.24) is 4.90 Å². The number of hydrogen-bond acceptors (Lipinski definition) is 2. The van der Waals surface area contributed by atoms with Gasteiger partial charge in [-0.3, -0.25) is 9.59 Å². The summed E-state index contributed by atoms with van der Waals surface area (Å²) in [5.74, 6) is -1.43. The van der Waals surface area contributed by atoms with E-state index in [2.05, 4.69) is 6.08 Å². The highest BCUT2D eigenvalue weighted by molar-refractivity contribution is 5.82. The Balaban J connectivity index is 1.77. The van der Waals surface area contributed by atoms with Gasteiger partial charge in [-0.15, -0.1) is 0 Å². The number of benzene rings is 1. The molecule has 1 N–H and O–H groups in total. The third kappa shape index (κ3) is 3.06. The number of rotatable bonds is 3. The van der Waals surface area contributed by atoms with Crippen molar-refractivity contribution in [2.75, 3.05) is 6.54 Å². The summed E-state index contributed by atoms with van der Waals surface area (Å²) in [7, 11) is 0. The van der Waals surface area contributed by atoms with Crippen LogP contribution in [0.15, 0.2) is 35.9 Å². The van der Waals surface area contributed by atoms with Gasteiger partial charge in [0.05, 0.1) is 5.92 Å². The first-order valence-electron chi connectivity index (χ1n) is 7.91. The summed E-state index contributed by atoms with van der Waals surface area (Å²) >= 11 is 0. The van der Waals surface area contributed by atoms with Gasteiger partial charge in [-0.2, -0.15) is 0 Å². The molecule has 1 aliphatic heterocycles. The van der Waals surface area contributed by atoms with Crippen molar-refractivity contribution in [2.24, 2.45) is 0 Å². The molecule has 22 heavy (non-hydrogen) atoms. The van der Waals surface area contributed by atoms with Crippen LogP contribution in [-0.2, 0) is 16.1 Å². The quantitative estimate of drug-likeness (QED) is 0.873. The van der Waals surface area contributed by atoms with E-state index < -0.39 is 11.9 Å². The van der Waals surface area contributed by atoms with Crippen molar-refractivity contribution in [2.45, 2.75) is 44.6 Å². The molecule has 3 rings (SSSR count). The topological polar surface area (TPSA) is 57.6 Å². The molecule has 1 aliphatic carbocycles. The molecule has 1 aromatic carbocycles. The Hall–Kier alpha value is -2.10. The highest BCUT2D eigenvalue weighted by Gasteiger charge is 2.32. The molecule has 4 nitrogen and oxygen atoms in total. The predicted molar refractivity (Wildman–Crippen MR) is 83.4 cm³/mol. The van der Waals surface area contributed by atoms with E-state index in [4.69, 9.17) is 0 Å². The number of hydrogen-bond donors (Lipinski definition) is 1. The summed E-state index contributed by atoms with van der Waals surface area (Å²) < 4.78 is 0. The number of fused-ring (bicyclic) bond motifs is 1. The predicted octanol–water partition coefficient (Wildman–Crippen LogP) is 3.09. The number of carboxylic acid groups (broad SMARTS) is 1. The number of carboxylic acids is 1. The minimum atomic E-state index is -0.859. The first-order chi connectivity index (χ1) is 10.6. The summed E-state index contributed by atoms with van der Waals surface area (Å²) in [6, 6.07) is 7.54. The maximum Gasteiger partial charge on any atom is 0.312 e. The van der Waals surface area contributed by atoms with Gasteiger partial charge in [-0.25, -0.2) is 0 Å². The molecule has 116 valence electrons. The number of allylic oxidation sites excluding steroid dienone is 1. The maximum atomic E-state index is 12.5. The van der Waals surface area contributed by atoms with Crippen LogP contribution in [-0.4, -0.2) is 28.4 Å². The molecule has 2 aliphatic rings. The number of aliphatic carboxylic acids is 1. The Morgan fingerprint density at radius 1 is 1.23 bits per heavy atom. The van der Waals surface area contributed by atoms with Crippen LogP contribution in [0.5, 0.6) is 0 Å².